The Labute approximate surface area is 192 Å². The van der Waals surface area contributed by atoms with E-state index < -0.39 is 12.1 Å². The molecule has 0 unspecified atom stereocenters. The molecule has 2 aliphatic heterocycles. The summed E-state index contributed by atoms with van der Waals surface area (Å²) in [6.07, 6.45) is 0. The SMILES string of the molecule is CC(C)c1ccc(N2C(=O)[C@@H]3N=NN(Cc4nc(-c5ccccc5Br)no4)[C@H]3C2=O)cc1. The van der Waals surface area contributed by atoms with Crippen molar-refractivity contribution >= 4 is 33.4 Å². The number of halogens is 1. The van der Waals surface area contributed by atoms with Crippen molar-refractivity contribution < 1.29 is 14.1 Å². The van der Waals surface area contributed by atoms with Crippen LogP contribution in [0.25, 0.3) is 11.4 Å². The first kappa shape index (κ1) is 20.5. The molecule has 2 atom stereocenters. The first-order chi connectivity index (χ1) is 15.4. The number of hydrogen-bond acceptors (Lipinski definition) is 8. The number of nitrogens with zero attached hydrogens (tertiary/aromatic N) is 6. The zero-order valence-electron chi connectivity index (χ0n) is 17.3. The Morgan fingerprint density at radius 2 is 1.81 bits per heavy atom. The lowest BCUT2D eigenvalue weighted by molar-refractivity contribution is -0.123. The number of benzene rings is 2. The molecule has 1 fully saturated rings. The van der Waals surface area contributed by atoms with Crippen LogP contribution in [-0.2, 0) is 16.1 Å². The van der Waals surface area contributed by atoms with E-state index in [0.717, 1.165) is 15.6 Å². The van der Waals surface area contributed by atoms with Crippen molar-refractivity contribution in [2.45, 2.75) is 38.4 Å². The number of hydrogen-bond donors (Lipinski definition) is 0. The summed E-state index contributed by atoms with van der Waals surface area (Å²) in [5, 5.41) is 13.5. The van der Waals surface area contributed by atoms with Crippen molar-refractivity contribution in [3.05, 3.63) is 64.5 Å². The number of carbonyl (C=O) groups excluding carboxylic acids is 2. The molecule has 2 aliphatic rings. The Morgan fingerprint density at radius 3 is 2.53 bits per heavy atom. The third-order valence-corrected chi connectivity index (χ3v) is 6.25. The zero-order chi connectivity index (χ0) is 22.4. The number of amides is 2. The van der Waals surface area contributed by atoms with Gasteiger partial charge in [0, 0.05) is 10.0 Å². The van der Waals surface area contributed by atoms with E-state index in [1.54, 1.807) is 12.1 Å². The topological polar surface area (TPSA) is 104 Å². The van der Waals surface area contributed by atoms with Crippen LogP contribution in [0, 0.1) is 0 Å². The monoisotopic (exact) mass is 494 g/mol. The number of rotatable bonds is 5. The molecule has 3 heterocycles. The maximum atomic E-state index is 13.2. The van der Waals surface area contributed by atoms with Crippen molar-refractivity contribution in [3.8, 4) is 11.4 Å². The van der Waals surface area contributed by atoms with Gasteiger partial charge in [0.1, 0.15) is 6.54 Å². The number of carbonyl (C=O) groups is 2. The van der Waals surface area contributed by atoms with Gasteiger partial charge in [-0.2, -0.15) is 10.1 Å². The van der Waals surface area contributed by atoms with Gasteiger partial charge in [0.15, 0.2) is 12.1 Å². The molecule has 1 saturated heterocycles. The minimum absolute atomic E-state index is 0.0707. The molecule has 0 aliphatic carbocycles. The molecule has 0 radical (unpaired) electrons. The van der Waals surface area contributed by atoms with Crippen molar-refractivity contribution in [2.24, 2.45) is 10.3 Å². The predicted molar refractivity (Wildman–Crippen MR) is 118 cm³/mol. The molecule has 0 bridgehead atoms. The fraction of sp³-hybridized carbons (Fsp3) is 0.273. The Bertz CT molecular complexity index is 1220. The number of aromatic nitrogens is 2. The minimum atomic E-state index is -0.877. The van der Waals surface area contributed by atoms with Crippen LogP contribution in [0.15, 0.2) is 67.9 Å². The molecule has 32 heavy (non-hydrogen) atoms. The molecule has 2 amide bonds. The summed E-state index contributed by atoms with van der Waals surface area (Å²) in [7, 11) is 0. The summed E-state index contributed by atoms with van der Waals surface area (Å²) in [5.74, 6) is 0.292. The van der Waals surface area contributed by atoms with E-state index in [-0.39, 0.29) is 24.2 Å². The largest absolute Gasteiger partial charge is 0.337 e. The number of fused-ring (bicyclic) bond motifs is 1. The summed E-state index contributed by atoms with van der Waals surface area (Å²) in [6.45, 7) is 4.24. The Balaban J connectivity index is 1.35. The third kappa shape index (κ3) is 3.40. The van der Waals surface area contributed by atoms with E-state index in [0.29, 0.717) is 17.4 Å². The van der Waals surface area contributed by atoms with Crippen LogP contribution in [0.2, 0.25) is 0 Å². The molecule has 1 aromatic heterocycles. The second-order valence-corrected chi connectivity index (χ2v) is 8.80. The first-order valence-corrected chi connectivity index (χ1v) is 11.0. The number of anilines is 1. The molecule has 10 heteroatoms. The molecule has 9 nitrogen and oxygen atoms in total. The summed E-state index contributed by atoms with van der Waals surface area (Å²) in [4.78, 5) is 31.7. The lowest BCUT2D eigenvalue weighted by atomic mass is 10.0. The fourth-order valence-electron chi connectivity index (χ4n) is 3.83. The summed E-state index contributed by atoms with van der Waals surface area (Å²) >= 11 is 3.47. The first-order valence-electron chi connectivity index (χ1n) is 10.2. The predicted octanol–water partition coefficient (Wildman–Crippen LogP) is 4.12. The van der Waals surface area contributed by atoms with Crippen molar-refractivity contribution in [2.75, 3.05) is 4.90 Å². The highest BCUT2D eigenvalue weighted by molar-refractivity contribution is 9.10. The minimum Gasteiger partial charge on any atom is -0.337 e. The van der Waals surface area contributed by atoms with Gasteiger partial charge in [-0.25, -0.2) is 4.90 Å². The van der Waals surface area contributed by atoms with Gasteiger partial charge in [0.05, 0.1) is 5.69 Å². The van der Waals surface area contributed by atoms with Gasteiger partial charge in [-0.3, -0.25) is 14.6 Å². The zero-order valence-corrected chi connectivity index (χ0v) is 18.9. The van der Waals surface area contributed by atoms with Crippen LogP contribution in [0.4, 0.5) is 5.69 Å². The molecule has 0 N–H and O–H groups in total. The van der Waals surface area contributed by atoms with Crippen LogP contribution in [0.3, 0.4) is 0 Å². The van der Waals surface area contributed by atoms with Gasteiger partial charge in [-0.05, 0) is 35.7 Å². The molecule has 0 saturated carbocycles. The molecule has 162 valence electrons. The van der Waals surface area contributed by atoms with Crippen LogP contribution < -0.4 is 4.90 Å². The van der Waals surface area contributed by atoms with Crippen molar-refractivity contribution in [1.82, 2.24) is 15.1 Å². The fourth-order valence-corrected chi connectivity index (χ4v) is 4.29. The van der Waals surface area contributed by atoms with E-state index in [1.165, 1.54) is 9.91 Å². The maximum Gasteiger partial charge on any atom is 0.263 e. The smallest absolute Gasteiger partial charge is 0.263 e. The third-order valence-electron chi connectivity index (χ3n) is 5.56. The summed E-state index contributed by atoms with van der Waals surface area (Å²) in [5.41, 5.74) is 2.45. The second kappa shape index (κ2) is 7.94. The normalized spacial score (nSPS) is 20.0. The Morgan fingerprint density at radius 1 is 1.06 bits per heavy atom. The summed E-state index contributed by atoms with van der Waals surface area (Å²) < 4.78 is 6.20. The molecule has 2 aromatic carbocycles. The van der Waals surface area contributed by atoms with E-state index >= 15 is 0 Å². The molecule has 3 aromatic rings. The quantitative estimate of drug-likeness (QED) is 0.494. The lowest BCUT2D eigenvalue weighted by Crippen LogP contribution is -2.39. The van der Waals surface area contributed by atoms with E-state index in [4.69, 9.17) is 4.52 Å². The number of imide groups is 1. The Kier molecular flexibility index (Phi) is 5.09. The van der Waals surface area contributed by atoms with Gasteiger partial charge in [-0.1, -0.05) is 64.4 Å². The highest BCUT2D eigenvalue weighted by Gasteiger charge is 2.55. The van der Waals surface area contributed by atoms with Crippen LogP contribution in [0.1, 0.15) is 31.2 Å². The van der Waals surface area contributed by atoms with Crippen LogP contribution in [0.5, 0.6) is 0 Å². The van der Waals surface area contributed by atoms with Gasteiger partial charge in [0.2, 0.25) is 11.7 Å². The summed E-state index contributed by atoms with van der Waals surface area (Å²) in [6, 6.07) is 13.2. The van der Waals surface area contributed by atoms with Gasteiger partial charge < -0.3 is 4.52 Å². The molecule has 0 spiro atoms. The van der Waals surface area contributed by atoms with Gasteiger partial charge in [-0.15, -0.1) is 0 Å². The maximum absolute atomic E-state index is 13.2. The lowest BCUT2D eigenvalue weighted by Gasteiger charge is -2.19. The van der Waals surface area contributed by atoms with Gasteiger partial charge in [0.25, 0.3) is 11.8 Å². The highest BCUT2D eigenvalue weighted by Crippen LogP contribution is 2.33. The van der Waals surface area contributed by atoms with E-state index in [1.807, 2.05) is 36.4 Å². The van der Waals surface area contributed by atoms with Crippen LogP contribution >= 0.6 is 15.9 Å². The van der Waals surface area contributed by atoms with Gasteiger partial charge >= 0.3 is 0 Å². The Hall–Kier alpha value is -3.40. The highest BCUT2D eigenvalue weighted by atomic mass is 79.9. The van der Waals surface area contributed by atoms with Crippen molar-refractivity contribution in [1.29, 1.82) is 0 Å². The van der Waals surface area contributed by atoms with E-state index in [9.17, 15) is 9.59 Å². The average molecular weight is 495 g/mol. The van der Waals surface area contributed by atoms with Crippen LogP contribution in [-0.4, -0.2) is 39.0 Å². The molecular formula is C22H19BrN6O3. The standard InChI is InChI=1S/C22H19BrN6O3/c1-12(2)13-7-9-14(10-8-13)29-21(30)18-19(22(29)31)28(27-25-18)11-17-24-20(26-32-17)15-5-3-4-6-16(15)23/h3-10,12,18-19H,11H2,1-2H3/t18-,19-/m1/s1. The second-order valence-electron chi connectivity index (χ2n) is 7.94. The molecule has 5 rings (SSSR count). The average Bonchev–Trinajstić information content (AvgIpc) is 3.47. The molecular weight excluding hydrogens is 476 g/mol. The van der Waals surface area contributed by atoms with Crippen molar-refractivity contribution in [3.63, 3.8) is 0 Å². The van der Waals surface area contributed by atoms with E-state index in [2.05, 4.69) is 50.3 Å².